The van der Waals surface area contributed by atoms with Gasteiger partial charge in [-0.3, -0.25) is 0 Å². The van der Waals surface area contributed by atoms with Gasteiger partial charge in [0, 0.05) is 32.7 Å². The van der Waals surface area contributed by atoms with Crippen LogP contribution in [0.25, 0.3) is 0 Å². The van der Waals surface area contributed by atoms with Crippen LogP contribution in [-0.4, -0.2) is 6.26 Å². The summed E-state index contributed by atoms with van der Waals surface area (Å²) in [5.41, 5.74) is 0. The third kappa shape index (κ3) is 25.8. The number of hydrogen-bond donors (Lipinski definition) is 0. The summed E-state index contributed by atoms with van der Waals surface area (Å²) in [5, 5.41) is 0. The van der Waals surface area contributed by atoms with Crippen molar-refractivity contribution in [1.82, 2.24) is 0 Å². The fourth-order valence-corrected chi connectivity index (χ4v) is 0. The summed E-state index contributed by atoms with van der Waals surface area (Å²) >= 11 is 4.31. The van der Waals surface area contributed by atoms with E-state index >= 15 is 0 Å². The van der Waals surface area contributed by atoms with Crippen LogP contribution in [0.5, 0.6) is 0 Å². The molecule has 0 aliphatic heterocycles. The maximum atomic E-state index is 4.31. The van der Waals surface area contributed by atoms with E-state index in [-0.39, 0.29) is 40.1 Å². The fourth-order valence-electron chi connectivity index (χ4n) is 0. The maximum absolute atomic E-state index is 4.31. The van der Waals surface area contributed by atoms with Gasteiger partial charge in [0.1, 0.15) is 0 Å². The van der Waals surface area contributed by atoms with Crippen molar-refractivity contribution in [2.75, 3.05) is 6.26 Å². The molecule has 0 saturated carbocycles. The number of rotatable bonds is 0. The molecule has 0 spiro atoms. The Bertz CT molecular complexity index is 7.61. The molecule has 0 rings (SSSR count). The average molecular weight is 183 g/mol. The predicted molar refractivity (Wildman–Crippen MR) is 27.3 cm³/mol. The Hall–Kier alpha value is 1.80. The van der Waals surface area contributed by atoms with E-state index in [9.17, 15) is 0 Å². The van der Waals surface area contributed by atoms with Crippen molar-refractivity contribution < 1.29 is 32.7 Å². The van der Waals surface area contributed by atoms with Crippen LogP contribution in [0.15, 0.2) is 0 Å². The molecule has 0 aromatic carbocycles. The Balaban J connectivity index is -0.0000000200. The Kier molecular flexibility index (Phi) is 54.0. The minimum atomic E-state index is 0. The first-order valence-corrected chi connectivity index (χ1v) is 2.72. The molecule has 1 radical (unpaired) electrons. The topological polar surface area (TPSA) is 0 Å². The van der Waals surface area contributed by atoms with Crippen LogP contribution in [0.2, 0.25) is 0 Å². The van der Waals surface area contributed by atoms with Crippen molar-refractivity contribution in [2.45, 2.75) is 0 Å². The van der Waals surface area contributed by atoms with Gasteiger partial charge >= 0.3 is 0 Å². The molecule has 3 heteroatoms. The van der Waals surface area contributed by atoms with Crippen LogP contribution in [-0.2, 0) is 44.4 Å². The SMILES string of the molecule is CS[S-].[CH3-].[Y]. The largest absolute Gasteiger partial charge is 0.719 e. The molecule has 31 valence electrons. The molecular weight excluding hydrogens is 177 g/mol. The van der Waals surface area contributed by atoms with Gasteiger partial charge in [0.15, 0.2) is 0 Å². The van der Waals surface area contributed by atoms with Crippen molar-refractivity contribution in [3.63, 3.8) is 0 Å². The van der Waals surface area contributed by atoms with E-state index in [2.05, 4.69) is 11.7 Å². The summed E-state index contributed by atoms with van der Waals surface area (Å²) in [7, 11) is 1.33. The molecule has 0 atom stereocenters. The average Bonchev–Trinajstić information content (AvgIpc) is 0.918. The molecule has 0 N–H and O–H groups in total. The van der Waals surface area contributed by atoms with Crippen LogP contribution in [0, 0.1) is 7.43 Å². The Morgan fingerprint density at radius 2 is 1.60 bits per heavy atom. The van der Waals surface area contributed by atoms with Crippen molar-refractivity contribution >= 4 is 22.5 Å². The molecule has 0 amide bonds. The van der Waals surface area contributed by atoms with Gasteiger partial charge in [-0.25, -0.2) is 0 Å². The maximum Gasteiger partial charge on any atom is 0 e. The zero-order valence-electron chi connectivity index (χ0n) is 3.39. The standard InChI is InChI=1S/CH4S2.CH3.Y/c1-3-2;;/h2H,1H3;1H3;/q;-1;/p-1. The third-order valence-electron chi connectivity index (χ3n) is 0. The van der Waals surface area contributed by atoms with Crippen molar-refractivity contribution in [3.05, 3.63) is 7.43 Å². The molecule has 0 aliphatic carbocycles. The summed E-state index contributed by atoms with van der Waals surface area (Å²) in [6, 6.07) is 0. The second-order valence-corrected chi connectivity index (χ2v) is 1.50. The van der Waals surface area contributed by atoms with Gasteiger partial charge in [-0.05, 0) is 6.26 Å². The van der Waals surface area contributed by atoms with E-state index in [1.807, 2.05) is 6.26 Å². The minimum Gasteiger partial charge on any atom is -0.719 e. The molecule has 0 aliphatic rings. The number of hydrogen-bond acceptors (Lipinski definition) is 2. The van der Waals surface area contributed by atoms with Gasteiger partial charge in [0.05, 0.1) is 0 Å². The zero-order valence-corrected chi connectivity index (χ0v) is 7.87. The molecule has 0 heterocycles. The molecule has 0 fully saturated rings. The normalized spacial score (nSPS) is 3.60. The van der Waals surface area contributed by atoms with Gasteiger partial charge in [0.25, 0.3) is 0 Å². The van der Waals surface area contributed by atoms with Gasteiger partial charge < -0.3 is 29.9 Å². The second kappa shape index (κ2) is 17.0. The van der Waals surface area contributed by atoms with Gasteiger partial charge in [-0.2, -0.15) is 0 Å². The molecule has 0 aromatic heterocycles. The summed E-state index contributed by atoms with van der Waals surface area (Å²) in [6.07, 6.45) is 1.86. The minimum absolute atomic E-state index is 0. The van der Waals surface area contributed by atoms with Crippen molar-refractivity contribution in [3.8, 4) is 0 Å². The van der Waals surface area contributed by atoms with Gasteiger partial charge in [-0.1, -0.05) is 0 Å². The van der Waals surface area contributed by atoms with Crippen LogP contribution < -0.4 is 0 Å². The molecule has 0 unspecified atom stereocenters. The van der Waals surface area contributed by atoms with E-state index in [0.717, 1.165) is 0 Å². The van der Waals surface area contributed by atoms with E-state index in [0.29, 0.717) is 0 Å². The molecule has 5 heavy (non-hydrogen) atoms. The van der Waals surface area contributed by atoms with Crippen molar-refractivity contribution in [1.29, 1.82) is 0 Å². The smallest absolute Gasteiger partial charge is 0 e. The third-order valence-corrected chi connectivity index (χ3v) is 0. The Labute approximate surface area is 68.2 Å². The summed E-state index contributed by atoms with van der Waals surface area (Å²) in [6.45, 7) is 0. The van der Waals surface area contributed by atoms with Crippen molar-refractivity contribution in [2.24, 2.45) is 0 Å². The van der Waals surface area contributed by atoms with Crippen LogP contribution in [0.4, 0.5) is 0 Å². The summed E-state index contributed by atoms with van der Waals surface area (Å²) < 4.78 is 0. The molecule has 0 nitrogen and oxygen atoms in total. The monoisotopic (exact) mass is 183 g/mol. The molecule has 0 bridgehead atoms. The Morgan fingerprint density at radius 3 is 1.60 bits per heavy atom. The first-order valence-electron chi connectivity index (χ1n) is 0.575. The molecule has 0 saturated heterocycles. The van der Waals surface area contributed by atoms with Crippen LogP contribution in [0.1, 0.15) is 0 Å². The van der Waals surface area contributed by atoms with Crippen LogP contribution >= 0.6 is 10.8 Å². The Morgan fingerprint density at radius 1 is 1.60 bits per heavy atom. The van der Waals surface area contributed by atoms with E-state index < -0.39 is 0 Å². The fraction of sp³-hybridized carbons (Fsp3) is 0.500. The summed E-state index contributed by atoms with van der Waals surface area (Å²) in [4.78, 5) is 0. The first kappa shape index (κ1) is 15.8. The van der Waals surface area contributed by atoms with E-state index in [4.69, 9.17) is 0 Å². The van der Waals surface area contributed by atoms with E-state index in [1.54, 1.807) is 0 Å². The van der Waals surface area contributed by atoms with Gasteiger partial charge in [-0.15, -0.1) is 0 Å². The van der Waals surface area contributed by atoms with E-state index in [1.165, 1.54) is 10.8 Å². The zero-order chi connectivity index (χ0) is 2.71. The first-order chi connectivity index (χ1) is 1.41. The molecular formula is C2H6S2Y-2. The molecule has 0 aromatic rings. The van der Waals surface area contributed by atoms with Gasteiger partial charge in [0.2, 0.25) is 0 Å². The predicted octanol–water partition coefficient (Wildman–Crippen LogP) is 1.26. The van der Waals surface area contributed by atoms with Crippen LogP contribution in [0.3, 0.4) is 0 Å². The summed E-state index contributed by atoms with van der Waals surface area (Å²) in [5.74, 6) is 0. The second-order valence-electron chi connectivity index (χ2n) is 0.167. The quantitative estimate of drug-likeness (QED) is 0.315.